The third-order valence-electron chi connectivity index (χ3n) is 5.96. The number of aryl methyl sites for hydroxylation is 1. The van der Waals surface area contributed by atoms with Gasteiger partial charge in [0.25, 0.3) is 5.91 Å². The van der Waals surface area contributed by atoms with Crippen LogP contribution in [-0.4, -0.2) is 56.7 Å². The van der Waals surface area contributed by atoms with Gasteiger partial charge < -0.3 is 4.90 Å². The van der Waals surface area contributed by atoms with Gasteiger partial charge in [0.2, 0.25) is 0 Å². The van der Waals surface area contributed by atoms with Crippen LogP contribution in [0.2, 0.25) is 0 Å². The molecule has 1 fully saturated rings. The lowest BCUT2D eigenvalue weighted by molar-refractivity contribution is 0.0629. The summed E-state index contributed by atoms with van der Waals surface area (Å²) in [5, 5.41) is 5.08. The summed E-state index contributed by atoms with van der Waals surface area (Å²) in [6.45, 7) is 3.17. The molecule has 0 radical (unpaired) electrons. The maximum atomic E-state index is 14.0. The van der Waals surface area contributed by atoms with Crippen molar-refractivity contribution in [2.45, 2.75) is 6.54 Å². The fourth-order valence-corrected chi connectivity index (χ4v) is 4.20. The Labute approximate surface area is 185 Å². The number of benzene rings is 2. The molecule has 1 saturated heterocycles. The van der Waals surface area contributed by atoms with E-state index in [0.29, 0.717) is 43.9 Å². The molecular formula is C25H24FN5O. The van der Waals surface area contributed by atoms with Crippen LogP contribution >= 0.6 is 0 Å². The molecule has 1 aliphatic heterocycles. The molecule has 7 heteroatoms. The molecule has 4 aromatic rings. The van der Waals surface area contributed by atoms with E-state index in [2.05, 4.69) is 10.00 Å². The number of piperazine rings is 1. The fourth-order valence-electron chi connectivity index (χ4n) is 4.20. The minimum atomic E-state index is -0.183. The SMILES string of the molecule is Cn1cc(-c2cc(C(=O)N3CCN(Cc4ccccc4F)CC3)c3ccccc3n2)cn1. The smallest absolute Gasteiger partial charge is 0.254 e. The number of hydrogen-bond donors (Lipinski definition) is 0. The van der Waals surface area contributed by atoms with Crippen molar-refractivity contribution in [2.75, 3.05) is 26.2 Å². The number of para-hydroxylation sites is 1. The van der Waals surface area contributed by atoms with Gasteiger partial charge in [-0.05, 0) is 18.2 Å². The Bertz CT molecular complexity index is 1280. The van der Waals surface area contributed by atoms with E-state index in [-0.39, 0.29) is 11.7 Å². The number of nitrogens with zero attached hydrogens (tertiary/aromatic N) is 5. The van der Waals surface area contributed by atoms with Gasteiger partial charge in [0.1, 0.15) is 5.82 Å². The van der Waals surface area contributed by atoms with Gasteiger partial charge in [-0.25, -0.2) is 9.37 Å². The predicted molar refractivity (Wildman–Crippen MR) is 122 cm³/mol. The van der Waals surface area contributed by atoms with Gasteiger partial charge in [0.05, 0.1) is 23.0 Å². The maximum Gasteiger partial charge on any atom is 0.254 e. The van der Waals surface area contributed by atoms with Gasteiger partial charge in [0, 0.05) is 62.5 Å². The van der Waals surface area contributed by atoms with Crippen molar-refractivity contribution in [2.24, 2.45) is 7.05 Å². The summed E-state index contributed by atoms with van der Waals surface area (Å²) < 4.78 is 15.7. The van der Waals surface area contributed by atoms with Crippen LogP contribution in [0.1, 0.15) is 15.9 Å². The largest absolute Gasteiger partial charge is 0.336 e. The minimum Gasteiger partial charge on any atom is -0.336 e. The number of fused-ring (bicyclic) bond motifs is 1. The number of hydrogen-bond acceptors (Lipinski definition) is 4. The Hall–Kier alpha value is -3.58. The second-order valence-corrected chi connectivity index (χ2v) is 8.13. The highest BCUT2D eigenvalue weighted by atomic mass is 19.1. The van der Waals surface area contributed by atoms with Gasteiger partial charge >= 0.3 is 0 Å². The molecule has 0 bridgehead atoms. The number of pyridine rings is 1. The Morgan fingerprint density at radius 3 is 2.53 bits per heavy atom. The van der Waals surface area contributed by atoms with Crippen LogP contribution in [0.15, 0.2) is 67.0 Å². The average molecular weight is 429 g/mol. The van der Waals surface area contributed by atoms with E-state index in [1.165, 1.54) is 6.07 Å². The summed E-state index contributed by atoms with van der Waals surface area (Å²) >= 11 is 0. The number of halogens is 1. The molecule has 0 spiro atoms. The number of amides is 1. The summed E-state index contributed by atoms with van der Waals surface area (Å²) in [7, 11) is 1.86. The molecule has 5 rings (SSSR count). The molecule has 162 valence electrons. The van der Waals surface area contributed by atoms with Crippen LogP contribution < -0.4 is 0 Å². The molecule has 0 saturated carbocycles. The van der Waals surface area contributed by atoms with Gasteiger partial charge in [0.15, 0.2) is 0 Å². The van der Waals surface area contributed by atoms with Crippen LogP contribution in [-0.2, 0) is 13.6 Å². The highest BCUT2D eigenvalue weighted by Gasteiger charge is 2.25. The zero-order chi connectivity index (χ0) is 22.1. The highest BCUT2D eigenvalue weighted by molar-refractivity contribution is 6.07. The van der Waals surface area contributed by atoms with Crippen molar-refractivity contribution in [1.29, 1.82) is 0 Å². The third kappa shape index (κ3) is 3.99. The van der Waals surface area contributed by atoms with Crippen LogP contribution in [0.5, 0.6) is 0 Å². The summed E-state index contributed by atoms with van der Waals surface area (Å²) in [6, 6.07) is 16.5. The lowest BCUT2D eigenvalue weighted by Crippen LogP contribution is -2.48. The number of rotatable bonds is 4. The molecule has 32 heavy (non-hydrogen) atoms. The second-order valence-electron chi connectivity index (χ2n) is 8.13. The molecule has 0 unspecified atom stereocenters. The predicted octanol–water partition coefficient (Wildman–Crippen LogP) is 3.73. The van der Waals surface area contributed by atoms with Crippen molar-refractivity contribution >= 4 is 16.8 Å². The summed E-state index contributed by atoms with van der Waals surface area (Å²) in [4.78, 5) is 22.3. The molecule has 0 atom stereocenters. The van der Waals surface area contributed by atoms with Crippen molar-refractivity contribution in [3.8, 4) is 11.3 Å². The summed E-state index contributed by atoms with van der Waals surface area (Å²) in [6.07, 6.45) is 3.65. The minimum absolute atomic E-state index is 0.000665. The Morgan fingerprint density at radius 1 is 1.03 bits per heavy atom. The van der Waals surface area contributed by atoms with E-state index in [9.17, 15) is 9.18 Å². The summed E-state index contributed by atoms with van der Waals surface area (Å²) in [5.41, 5.74) is 3.74. The average Bonchev–Trinajstić information content (AvgIpc) is 3.26. The summed E-state index contributed by atoms with van der Waals surface area (Å²) in [5.74, 6) is -0.184. The lowest BCUT2D eigenvalue weighted by Gasteiger charge is -2.35. The topological polar surface area (TPSA) is 54.3 Å². The Kier molecular flexibility index (Phi) is 5.41. The van der Waals surface area contributed by atoms with Gasteiger partial charge in [-0.3, -0.25) is 14.4 Å². The first kappa shape index (κ1) is 20.3. The van der Waals surface area contributed by atoms with Crippen molar-refractivity contribution in [1.82, 2.24) is 24.6 Å². The van der Waals surface area contributed by atoms with Crippen LogP contribution in [0, 0.1) is 5.82 Å². The van der Waals surface area contributed by atoms with Crippen molar-refractivity contribution in [3.05, 3.63) is 83.9 Å². The van der Waals surface area contributed by atoms with Gasteiger partial charge in [-0.15, -0.1) is 0 Å². The molecule has 0 aliphatic carbocycles. The zero-order valence-corrected chi connectivity index (χ0v) is 17.9. The van der Waals surface area contributed by atoms with E-state index >= 15 is 0 Å². The number of carbonyl (C=O) groups is 1. The zero-order valence-electron chi connectivity index (χ0n) is 17.9. The van der Waals surface area contributed by atoms with Crippen LogP contribution in [0.25, 0.3) is 22.2 Å². The van der Waals surface area contributed by atoms with E-state index in [0.717, 1.165) is 22.2 Å². The number of aromatic nitrogens is 3. The quantitative estimate of drug-likeness (QED) is 0.496. The molecule has 3 heterocycles. The molecule has 1 aliphatic rings. The number of carbonyl (C=O) groups excluding carboxylic acids is 1. The molecular weight excluding hydrogens is 405 g/mol. The first-order chi connectivity index (χ1) is 15.6. The van der Waals surface area contributed by atoms with Gasteiger partial charge in [-0.2, -0.15) is 5.10 Å². The highest BCUT2D eigenvalue weighted by Crippen LogP contribution is 2.26. The van der Waals surface area contributed by atoms with E-state index in [4.69, 9.17) is 4.98 Å². The standard InChI is InChI=1S/C25H24FN5O/c1-29-16-19(15-27-29)24-14-21(20-7-3-5-9-23(20)28-24)25(32)31-12-10-30(11-13-31)17-18-6-2-4-8-22(18)26/h2-9,14-16H,10-13,17H2,1H3. The lowest BCUT2D eigenvalue weighted by atomic mass is 10.0. The third-order valence-corrected chi connectivity index (χ3v) is 5.96. The first-order valence-corrected chi connectivity index (χ1v) is 10.7. The Morgan fingerprint density at radius 2 is 1.78 bits per heavy atom. The van der Waals surface area contributed by atoms with Crippen LogP contribution in [0.3, 0.4) is 0 Å². The van der Waals surface area contributed by atoms with Crippen molar-refractivity contribution < 1.29 is 9.18 Å². The Balaban J connectivity index is 1.37. The molecule has 0 N–H and O–H groups in total. The normalized spacial score (nSPS) is 14.8. The first-order valence-electron chi connectivity index (χ1n) is 10.7. The van der Waals surface area contributed by atoms with E-state index in [1.807, 2.05) is 60.6 Å². The van der Waals surface area contributed by atoms with Gasteiger partial charge in [-0.1, -0.05) is 36.4 Å². The molecule has 2 aromatic heterocycles. The maximum absolute atomic E-state index is 14.0. The molecule has 1 amide bonds. The van der Waals surface area contributed by atoms with E-state index in [1.54, 1.807) is 16.9 Å². The van der Waals surface area contributed by atoms with Crippen molar-refractivity contribution in [3.63, 3.8) is 0 Å². The second kappa shape index (κ2) is 8.51. The van der Waals surface area contributed by atoms with E-state index < -0.39 is 0 Å². The molecule has 2 aromatic carbocycles. The fraction of sp³-hybridized carbons (Fsp3) is 0.240. The molecule has 6 nitrogen and oxygen atoms in total. The monoisotopic (exact) mass is 429 g/mol. The van der Waals surface area contributed by atoms with Crippen LogP contribution in [0.4, 0.5) is 4.39 Å².